The maximum absolute atomic E-state index is 7.78. The van der Waals surface area contributed by atoms with Crippen molar-refractivity contribution in [3.8, 4) is 0 Å². The summed E-state index contributed by atoms with van der Waals surface area (Å²) in [7, 11) is -9.31. The molecule has 0 radical (unpaired) electrons. The maximum Gasteiger partial charge on any atom is 0.323 e. The van der Waals surface area contributed by atoms with Gasteiger partial charge in [0.25, 0.3) is 0 Å². The summed E-state index contributed by atoms with van der Waals surface area (Å²) < 4.78 is 31.1. The molecule has 1 saturated heterocycles. The van der Waals surface area contributed by atoms with Gasteiger partial charge in [-0.3, -0.25) is 0 Å². The van der Waals surface area contributed by atoms with E-state index < -0.39 is 34.2 Å². The van der Waals surface area contributed by atoms with E-state index >= 15 is 0 Å². The largest absolute Gasteiger partial charge is 0.415 e. The summed E-state index contributed by atoms with van der Waals surface area (Å²) in [5.74, 6) is 0. The van der Waals surface area contributed by atoms with Gasteiger partial charge in [-0.2, -0.15) is 0 Å². The van der Waals surface area contributed by atoms with E-state index in [2.05, 4.69) is 27.7 Å². The van der Waals surface area contributed by atoms with Gasteiger partial charge in [0, 0.05) is 22.2 Å². The lowest BCUT2D eigenvalue weighted by Crippen LogP contribution is -2.71. The standard InChI is InChI=1S/C24H48O4Si4/c1-5-17-29(21-9-10-21)25-30(18-6-2,22-11-12-22)27-32(20-8-4,24-15-16-24)28-31(26-29,19-7-3)23-13-14-23/h21-24H,5-20H2,1-4H3. The van der Waals surface area contributed by atoms with Gasteiger partial charge in [0.1, 0.15) is 0 Å². The van der Waals surface area contributed by atoms with Gasteiger partial charge < -0.3 is 16.5 Å². The Labute approximate surface area is 201 Å². The van der Waals surface area contributed by atoms with E-state index in [4.69, 9.17) is 16.5 Å². The zero-order valence-electron chi connectivity index (χ0n) is 21.3. The smallest absolute Gasteiger partial charge is 0.323 e. The lowest BCUT2D eigenvalue weighted by Gasteiger charge is -2.54. The Morgan fingerprint density at radius 3 is 0.719 bits per heavy atom. The fourth-order valence-electron chi connectivity index (χ4n) is 6.63. The third-order valence-electron chi connectivity index (χ3n) is 8.57. The van der Waals surface area contributed by atoms with Crippen molar-refractivity contribution in [1.82, 2.24) is 0 Å². The molecule has 8 heteroatoms. The van der Waals surface area contributed by atoms with E-state index in [0.29, 0.717) is 22.2 Å². The average molecular weight is 513 g/mol. The van der Waals surface area contributed by atoms with Crippen LogP contribution in [0, 0.1) is 0 Å². The predicted octanol–water partition coefficient (Wildman–Crippen LogP) is 8.13. The van der Waals surface area contributed by atoms with Crippen molar-refractivity contribution in [3.63, 3.8) is 0 Å². The van der Waals surface area contributed by atoms with Crippen LogP contribution < -0.4 is 0 Å². The first kappa shape index (κ1) is 24.4. The molecule has 32 heavy (non-hydrogen) atoms. The highest BCUT2D eigenvalue weighted by molar-refractivity contribution is 6.97. The van der Waals surface area contributed by atoms with Gasteiger partial charge in [-0.05, 0) is 75.5 Å². The molecule has 0 aromatic heterocycles. The molecular formula is C24H48O4Si4. The van der Waals surface area contributed by atoms with Gasteiger partial charge in [0.05, 0.1) is 0 Å². The summed E-state index contributed by atoms with van der Waals surface area (Å²) in [6.45, 7) is 9.41. The second-order valence-electron chi connectivity index (χ2n) is 11.8. The molecule has 184 valence electrons. The van der Waals surface area contributed by atoms with Gasteiger partial charge in [-0.15, -0.1) is 0 Å². The van der Waals surface area contributed by atoms with Crippen LogP contribution in [0.15, 0.2) is 0 Å². The first-order chi connectivity index (χ1) is 15.5. The van der Waals surface area contributed by atoms with Gasteiger partial charge >= 0.3 is 34.2 Å². The molecule has 0 unspecified atom stereocenters. The van der Waals surface area contributed by atoms with Crippen molar-refractivity contribution >= 4 is 34.2 Å². The van der Waals surface area contributed by atoms with Crippen molar-refractivity contribution in [2.75, 3.05) is 0 Å². The van der Waals surface area contributed by atoms with Crippen LogP contribution in [-0.4, -0.2) is 34.2 Å². The molecular weight excluding hydrogens is 465 g/mol. The molecule has 0 spiro atoms. The number of hydrogen-bond acceptors (Lipinski definition) is 4. The van der Waals surface area contributed by atoms with Gasteiger partial charge in [0.15, 0.2) is 0 Å². The molecule has 1 heterocycles. The molecule has 1 aliphatic heterocycles. The predicted molar refractivity (Wildman–Crippen MR) is 140 cm³/mol. The van der Waals surface area contributed by atoms with Crippen LogP contribution in [0.4, 0.5) is 0 Å². The lowest BCUT2D eigenvalue weighted by molar-refractivity contribution is 0.202. The highest BCUT2D eigenvalue weighted by Crippen LogP contribution is 2.63. The monoisotopic (exact) mass is 512 g/mol. The fourth-order valence-corrected chi connectivity index (χ4v) is 35.4. The molecule has 0 bridgehead atoms. The Morgan fingerprint density at radius 2 is 0.594 bits per heavy atom. The minimum Gasteiger partial charge on any atom is -0.415 e. The minimum absolute atomic E-state index is 0.709. The molecule has 5 rings (SSSR count). The number of rotatable bonds is 12. The zero-order valence-corrected chi connectivity index (χ0v) is 25.3. The van der Waals surface area contributed by atoms with Crippen molar-refractivity contribution in [2.45, 2.75) is 151 Å². The van der Waals surface area contributed by atoms with E-state index in [-0.39, 0.29) is 0 Å². The summed E-state index contributed by atoms with van der Waals surface area (Å²) >= 11 is 0. The molecule has 0 amide bonds. The molecule has 0 N–H and O–H groups in total. The topological polar surface area (TPSA) is 36.9 Å². The minimum atomic E-state index is -2.33. The van der Waals surface area contributed by atoms with Crippen molar-refractivity contribution in [1.29, 1.82) is 0 Å². The molecule has 5 fully saturated rings. The summed E-state index contributed by atoms with van der Waals surface area (Å²) in [4.78, 5) is 0. The van der Waals surface area contributed by atoms with Crippen molar-refractivity contribution < 1.29 is 16.5 Å². The molecule has 0 atom stereocenters. The quantitative estimate of drug-likeness (QED) is 0.247. The molecule has 4 nitrogen and oxygen atoms in total. The molecule has 4 aliphatic carbocycles. The molecule has 0 aromatic rings. The van der Waals surface area contributed by atoms with Gasteiger partial charge in [-0.1, -0.05) is 53.4 Å². The molecule has 4 saturated carbocycles. The maximum atomic E-state index is 7.78. The highest BCUT2D eigenvalue weighted by Gasteiger charge is 2.71. The van der Waals surface area contributed by atoms with Crippen LogP contribution in [-0.2, 0) is 16.5 Å². The third kappa shape index (κ3) is 4.61. The second-order valence-corrected chi connectivity index (χ2v) is 26.8. The van der Waals surface area contributed by atoms with E-state index in [1.54, 1.807) is 0 Å². The number of hydrogen-bond donors (Lipinski definition) is 0. The first-order valence-corrected chi connectivity index (χ1v) is 22.7. The van der Waals surface area contributed by atoms with E-state index in [1.807, 2.05) is 0 Å². The Bertz CT molecular complexity index is 540. The van der Waals surface area contributed by atoms with Crippen LogP contribution in [0.5, 0.6) is 0 Å². The summed E-state index contributed by atoms with van der Waals surface area (Å²) in [5, 5.41) is 0. The van der Waals surface area contributed by atoms with Gasteiger partial charge in [-0.25, -0.2) is 0 Å². The average Bonchev–Trinajstić information content (AvgIpc) is 3.59. The third-order valence-corrected chi connectivity index (χ3v) is 31.7. The fraction of sp³-hybridized carbons (Fsp3) is 1.00. The summed E-state index contributed by atoms with van der Waals surface area (Å²) in [5.41, 5.74) is 2.84. The Balaban J connectivity index is 1.61. The Morgan fingerprint density at radius 1 is 0.406 bits per heavy atom. The first-order valence-electron chi connectivity index (χ1n) is 14.3. The summed E-state index contributed by atoms with van der Waals surface area (Å²) in [6.07, 6.45) is 15.4. The van der Waals surface area contributed by atoms with Crippen molar-refractivity contribution in [2.24, 2.45) is 0 Å². The van der Waals surface area contributed by atoms with Crippen molar-refractivity contribution in [3.05, 3.63) is 0 Å². The van der Waals surface area contributed by atoms with Gasteiger partial charge in [0.2, 0.25) is 0 Å². The van der Waals surface area contributed by atoms with Crippen LogP contribution >= 0.6 is 0 Å². The van der Waals surface area contributed by atoms with E-state index in [9.17, 15) is 0 Å². The lowest BCUT2D eigenvalue weighted by atomic mass is 10.6. The summed E-state index contributed by atoms with van der Waals surface area (Å²) in [6, 6.07) is 4.69. The zero-order chi connectivity index (χ0) is 22.5. The van der Waals surface area contributed by atoms with E-state index in [0.717, 1.165) is 0 Å². The van der Waals surface area contributed by atoms with Crippen LogP contribution in [0.1, 0.15) is 105 Å². The van der Waals surface area contributed by atoms with Crippen LogP contribution in [0.25, 0.3) is 0 Å². The van der Waals surface area contributed by atoms with E-state index in [1.165, 1.54) is 101 Å². The van der Waals surface area contributed by atoms with Crippen LogP contribution in [0.3, 0.4) is 0 Å². The Kier molecular flexibility index (Phi) is 7.09. The van der Waals surface area contributed by atoms with Crippen LogP contribution in [0.2, 0.25) is 46.3 Å². The SMILES string of the molecule is CCC[Si]1(C2CC2)O[Si](CCC)(C2CC2)O[Si](CCC)(C2CC2)O[Si](CCC)(C2CC2)O1. The highest BCUT2D eigenvalue weighted by atomic mass is 28.5. The normalized spacial score (nSPS) is 43.1. The molecule has 5 aliphatic rings. The Hall–Kier alpha value is 0.708. The molecule has 0 aromatic carbocycles. The second kappa shape index (κ2) is 9.30.